The van der Waals surface area contributed by atoms with Crippen LogP contribution in [0.25, 0.3) is 0 Å². The lowest BCUT2D eigenvalue weighted by Gasteiger charge is -2.33. The number of benzene rings is 1. The van der Waals surface area contributed by atoms with Crippen molar-refractivity contribution in [3.05, 3.63) is 35.4 Å². The molecule has 0 aromatic heterocycles. The van der Waals surface area contributed by atoms with Crippen LogP contribution < -0.4 is 0 Å². The fourth-order valence-corrected chi connectivity index (χ4v) is 4.60. The van der Waals surface area contributed by atoms with Gasteiger partial charge in [0.1, 0.15) is 6.04 Å². The third-order valence-corrected chi connectivity index (χ3v) is 5.82. The number of alkyl halides is 3. The second-order valence-corrected chi connectivity index (χ2v) is 7.75. The van der Waals surface area contributed by atoms with Gasteiger partial charge in [0.15, 0.2) is 0 Å². The van der Waals surface area contributed by atoms with Crippen molar-refractivity contribution >= 4 is 16.0 Å². The van der Waals surface area contributed by atoms with E-state index in [-0.39, 0.29) is 18.7 Å². The Balaban J connectivity index is 2.23. The first kappa shape index (κ1) is 19.7. The zero-order valence-corrected chi connectivity index (χ0v) is 14.6. The number of sulfonamides is 1. The molecule has 0 saturated carbocycles. The van der Waals surface area contributed by atoms with Crippen LogP contribution in [0, 0.1) is 0 Å². The largest absolute Gasteiger partial charge is 0.465 e. The molecule has 25 heavy (non-hydrogen) atoms. The van der Waals surface area contributed by atoms with Gasteiger partial charge in [-0.2, -0.15) is 17.5 Å². The van der Waals surface area contributed by atoms with Crippen molar-refractivity contribution in [3.63, 3.8) is 0 Å². The molecule has 2 rings (SSSR count). The number of piperidine rings is 1. The Kier molecular flexibility index (Phi) is 6.10. The van der Waals surface area contributed by atoms with E-state index in [2.05, 4.69) is 0 Å². The highest BCUT2D eigenvalue weighted by Gasteiger charge is 2.38. The molecule has 1 atom stereocenters. The lowest BCUT2D eigenvalue weighted by Crippen LogP contribution is -2.48. The van der Waals surface area contributed by atoms with Crippen molar-refractivity contribution in [2.45, 2.75) is 44.2 Å². The number of hydrogen-bond acceptors (Lipinski definition) is 4. The van der Waals surface area contributed by atoms with Gasteiger partial charge >= 0.3 is 12.1 Å². The molecule has 1 aliphatic rings. The SMILES string of the molecule is CCOC(=O)C1CCCCN1S(=O)(=O)Cc1cccc(C(F)(F)F)c1. The molecule has 140 valence electrons. The summed E-state index contributed by atoms with van der Waals surface area (Å²) in [5.74, 6) is -1.21. The van der Waals surface area contributed by atoms with E-state index in [0.29, 0.717) is 19.3 Å². The average Bonchev–Trinajstić information content (AvgIpc) is 2.54. The molecule has 0 aliphatic carbocycles. The summed E-state index contributed by atoms with van der Waals surface area (Å²) in [4.78, 5) is 12.0. The van der Waals surface area contributed by atoms with Gasteiger partial charge in [0.25, 0.3) is 0 Å². The molecule has 0 bridgehead atoms. The van der Waals surface area contributed by atoms with Gasteiger partial charge in [-0.25, -0.2) is 8.42 Å². The lowest BCUT2D eigenvalue weighted by molar-refractivity contribution is -0.148. The maximum absolute atomic E-state index is 12.8. The second-order valence-electron chi connectivity index (χ2n) is 5.83. The topological polar surface area (TPSA) is 63.7 Å². The van der Waals surface area contributed by atoms with Crippen LogP contribution in [0.5, 0.6) is 0 Å². The maximum atomic E-state index is 12.8. The normalized spacial score (nSPS) is 19.6. The first-order valence-corrected chi connectivity index (χ1v) is 9.58. The van der Waals surface area contributed by atoms with Gasteiger partial charge in [0.05, 0.1) is 17.9 Å². The van der Waals surface area contributed by atoms with Crippen LogP contribution >= 0.6 is 0 Å². The van der Waals surface area contributed by atoms with E-state index in [1.54, 1.807) is 6.92 Å². The molecule has 0 spiro atoms. The van der Waals surface area contributed by atoms with Gasteiger partial charge in [-0.1, -0.05) is 18.2 Å². The molecule has 1 unspecified atom stereocenters. The molecule has 5 nitrogen and oxygen atoms in total. The monoisotopic (exact) mass is 379 g/mol. The zero-order chi connectivity index (χ0) is 18.7. The van der Waals surface area contributed by atoms with Crippen LogP contribution in [0.4, 0.5) is 13.2 Å². The van der Waals surface area contributed by atoms with E-state index >= 15 is 0 Å². The molecule has 1 saturated heterocycles. The fourth-order valence-electron chi connectivity index (χ4n) is 2.84. The van der Waals surface area contributed by atoms with Crippen molar-refractivity contribution in [3.8, 4) is 0 Å². The Morgan fingerprint density at radius 1 is 1.32 bits per heavy atom. The molecule has 0 amide bonds. The smallest absolute Gasteiger partial charge is 0.416 e. The van der Waals surface area contributed by atoms with Crippen LogP contribution in [0.3, 0.4) is 0 Å². The number of nitrogens with zero attached hydrogens (tertiary/aromatic N) is 1. The Morgan fingerprint density at radius 3 is 2.68 bits per heavy atom. The van der Waals surface area contributed by atoms with Crippen molar-refractivity contribution < 1.29 is 31.1 Å². The molecular formula is C16H20F3NO4S. The number of carbonyl (C=O) groups excluding carboxylic acids is 1. The molecule has 0 radical (unpaired) electrons. The van der Waals surface area contributed by atoms with E-state index in [1.165, 1.54) is 12.1 Å². The van der Waals surface area contributed by atoms with Gasteiger partial charge in [0.2, 0.25) is 10.0 Å². The maximum Gasteiger partial charge on any atom is 0.416 e. The minimum absolute atomic E-state index is 0.0306. The molecule has 1 heterocycles. The van der Waals surface area contributed by atoms with Gasteiger partial charge < -0.3 is 4.74 Å². The van der Waals surface area contributed by atoms with Gasteiger partial charge in [-0.05, 0) is 37.8 Å². The highest BCUT2D eigenvalue weighted by molar-refractivity contribution is 7.88. The van der Waals surface area contributed by atoms with E-state index in [9.17, 15) is 26.4 Å². The summed E-state index contributed by atoms with van der Waals surface area (Å²) in [6.07, 6.45) is -2.91. The number of halogens is 3. The van der Waals surface area contributed by atoms with E-state index < -0.39 is 39.5 Å². The summed E-state index contributed by atoms with van der Waals surface area (Å²) in [6.45, 7) is 1.92. The third-order valence-electron chi connectivity index (χ3n) is 3.97. The van der Waals surface area contributed by atoms with E-state index in [4.69, 9.17) is 4.74 Å². The first-order chi connectivity index (χ1) is 11.6. The van der Waals surface area contributed by atoms with Crippen molar-refractivity contribution in [1.82, 2.24) is 4.31 Å². The highest BCUT2D eigenvalue weighted by Crippen LogP contribution is 2.30. The number of esters is 1. The Labute approximate surface area is 144 Å². The molecular weight excluding hydrogens is 359 g/mol. The number of rotatable bonds is 5. The molecule has 1 aliphatic heterocycles. The molecule has 0 N–H and O–H groups in total. The number of carbonyl (C=O) groups is 1. The van der Waals surface area contributed by atoms with Crippen molar-refractivity contribution in [2.75, 3.05) is 13.2 Å². The summed E-state index contributed by atoms with van der Waals surface area (Å²) in [6, 6.07) is 3.30. The fraction of sp³-hybridized carbons (Fsp3) is 0.562. The predicted molar refractivity (Wildman–Crippen MR) is 85.0 cm³/mol. The summed E-state index contributed by atoms with van der Waals surface area (Å²) < 4.78 is 69.7. The third kappa shape index (κ3) is 4.94. The molecule has 1 fully saturated rings. The standard InChI is InChI=1S/C16H20F3NO4S/c1-2-24-15(21)14-8-3-4-9-20(14)25(22,23)11-12-6-5-7-13(10-12)16(17,18)19/h5-7,10,14H,2-4,8-9,11H2,1H3. The van der Waals surface area contributed by atoms with Crippen molar-refractivity contribution in [2.24, 2.45) is 0 Å². The minimum Gasteiger partial charge on any atom is -0.465 e. The lowest BCUT2D eigenvalue weighted by atomic mass is 10.1. The second kappa shape index (κ2) is 7.74. The number of ether oxygens (including phenoxy) is 1. The average molecular weight is 379 g/mol. The minimum atomic E-state index is -4.54. The summed E-state index contributed by atoms with van der Waals surface area (Å²) in [5, 5.41) is 0. The highest BCUT2D eigenvalue weighted by atomic mass is 32.2. The zero-order valence-electron chi connectivity index (χ0n) is 13.8. The van der Waals surface area contributed by atoms with Crippen LogP contribution in [-0.4, -0.2) is 37.9 Å². The Bertz CT molecular complexity index is 718. The van der Waals surface area contributed by atoms with Gasteiger partial charge in [0, 0.05) is 6.54 Å². The van der Waals surface area contributed by atoms with Crippen LogP contribution in [0.2, 0.25) is 0 Å². The van der Waals surface area contributed by atoms with E-state index in [1.807, 2.05) is 0 Å². The summed E-state index contributed by atoms with van der Waals surface area (Å²) in [5.41, 5.74) is -0.871. The van der Waals surface area contributed by atoms with Crippen LogP contribution in [-0.2, 0) is 31.5 Å². The molecule has 1 aromatic carbocycles. The molecule has 1 aromatic rings. The number of hydrogen-bond donors (Lipinski definition) is 0. The van der Waals surface area contributed by atoms with Gasteiger partial charge in [-0.3, -0.25) is 4.79 Å². The predicted octanol–water partition coefficient (Wildman–Crippen LogP) is 2.95. The van der Waals surface area contributed by atoms with Crippen molar-refractivity contribution in [1.29, 1.82) is 0 Å². The Hall–Kier alpha value is -1.61. The summed E-state index contributed by atoms with van der Waals surface area (Å²) >= 11 is 0. The quantitative estimate of drug-likeness (QED) is 0.738. The molecule has 9 heteroatoms. The first-order valence-electron chi connectivity index (χ1n) is 7.97. The van der Waals surface area contributed by atoms with Crippen LogP contribution in [0.1, 0.15) is 37.3 Å². The van der Waals surface area contributed by atoms with Gasteiger partial charge in [-0.15, -0.1) is 0 Å². The van der Waals surface area contributed by atoms with E-state index in [0.717, 1.165) is 16.4 Å². The summed E-state index contributed by atoms with van der Waals surface area (Å²) in [7, 11) is -3.95. The Morgan fingerprint density at radius 2 is 2.04 bits per heavy atom. The van der Waals surface area contributed by atoms with Crippen LogP contribution in [0.15, 0.2) is 24.3 Å².